The summed E-state index contributed by atoms with van der Waals surface area (Å²) in [5.74, 6) is -0.0174. The van der Waals surface area contributed by atoms with Crippen molar-refractivity contribution in [3.05, 3.63) is 60.2 Å². The number of carboxylic acid groups (broad SMARTS) is 1. The van der Waals surface area contributed by atoms with Crippen LogP contribution in [0.5, 0.6) is 11.5 Å². The van der Waals surface area contributed by atoms with Crippen LogP contribution in [0.2, 0.25) is 0 Å². The monoisotopic (exact) mass is 260 g/mol. The number of aromatic hydroxyl groups is 1. The summed E-state index contributed by atoms with van der Waals surface area (Å²) in [6.45, 7) is 1.58. The minimum absolute atomic E-state index is 0.288. The Bertz CT molecular complexity index is 488. The van der Waals surface area contributed by atoms with Gasteiger partial charge in [0, 0.05) is 0 Å². The summed E-state index contributed by atoms with van der Waals surface area (Å²) in [7, 11) is 0. The van der Waals surface area contributed by atoms with Gasteiger partial charge in [0.15, 0.2) is 6.61 Å². The number of carbonyl (C=O) groups is 1. The number of hydrogen-bond acceptors (Lipinski definition) is 3. The van der Waals surface area contributed by atoms with Crippen LogP contribution < -0.4 is 4.74 Å². The predicted molar refractivity (Wildman–Crippen MR) is 72.4 cm³/mol. The minimum Gasteiger partial charge on any atom is -0.508 e. The number of phenolic OH excluding ortho intramolecular Hbond substituents is 1. The average molecular weight is 260 g/mol. The second-order valence-corrected chi connectivity index (χ2v) is 3.78. The Morgan fingerprint density at radius 1 is 1.05 bits per heavy atom. The quantitative estimate of drug-likeness (QED) is 0.890. The molecule has 4 nitrogen and oxygen atoms in total. The van der Waals surface area contributed by atoms with Crippen LogP contribution in [-0.4, -0.2) is 22.8 Å². The lowest BCUT2D eigenvalue weighted by Gasteiger charge is -2.00. The van der Waals surface area contributed by atoms with E-state index in [9.17, 15) is 4.79 Å². The van der Waals surface area contributed by atoms with Gasteiger partial charge in [-0.3, -0.25) is 0 Å². The van der Waals surface area contributed by atoms with E-state index in [2.05, 4.69) is 0 Å². The van der Waals surface area contributed by atoms with Crippen molar-refractivity contribution in [1.29, 1.82) is 0 Å². The van der Waals surface area contributed by atoms with Gasteiger partial charge in [0.05, 0.1) is 0 Å². The summed E-state index contributed by atoms with van der Waals surface area (Å²) >= 11 is 0. The Balaban J connectivity index is 0.000000200. The topological polar surface area (TPSA) is 66.8 Å². The molecule has 0 aliphatic heterocycles. The van der Waals surface area contributed by atoms with Gasteiger partial charge >= 0.3 is 5.97 Å². The van der Waals surface area contributed by atoms with E-state index in [1.165, 1.54) is 0 Å². The Morgan fingerprint density at radius 3 is 2.11 bits per heavy atom. The lowest BCUT2D eigenvalue weighted by atomic mass is 10.2. The summed E-state index contributed by atoms with van der Waals surface area (Å²) in [6.07, 6.45) is 0. The molecule has 0 aliphatic rings. The molecule has 0 spiro atoms. The molecule has 0 unspecified atom stereocenters. The van der Waals surface area contributed by atoms with Crippen molar-refractivity contribution < 1.29 is 19.7 Å². The molecule has 0 heterocycles. The number of phenols is 1. The van der Waals surface area contributed by atoms with E-state index in [-0.39, 0.29) is 6.61 Å². The number of aryl methyl sites for hydroxylation is 1. The van der Waals surface area contributed by atoms with E-state index in [0.717, 1.165) is 5.56 Å². The fraction of sp³-hybridized carbons (Fsp3) is 0.133. The molecule has 2 N–H and O–H groups in total. The van der Waals surface area contributed by atoms with Crippen molar-refractivity contribution in [2.24, 2.45) is 0 Å². The van der Waals surface area contributed by atoms with Crippen LogP contribution in [0.25, 0.3) is 0 Å². The lowest BCUT2D eigenvalue weighted by molar-refractivity contribution is -0.139. The Morgan fingerprint density at radius 2 is 1.63 bits per heavy atom. The Kier molecular flexibility index (Phi) is 5.95. The van der Waals surface area contributed by atoms with Crippen LogP contribution in [-0.2, 0) is 4.79 Å². The fourth-order valence-electron chi connectivity index (χ4n) is 1.23. The first-order valence-corrected chi connectivity index (χ1v) is 5.74. The van der Waals surface area contributed by atoms with Crippen LogP contribution in [0, 0.1) is 6.92 Å². The van der Waals surface area contributed by atoms with Gasteiger partial charge in [0.2, 0.25) is 0 Å². The third-order valence-corrected chi connectivity index (χ3v) is 2.22. The number of para-hydroxylation sites is 2. The van der Waals surface area contributed by atoms with Crippen molar-refractivity contribution in [3.8, 4) is 11.5 Å². The Labute approximate surface area is 111 Å². The second-order valence-electron chi connectivity index (χ2n) is 3.78. The second kappa shape index (κ2) is 7.76. The standard InChI is InChI=1S/C8H8O3.C7H8O/c9-8(10)6-11-7-4-2-1-3-5-7;1-6-4-2-3-5-7(6)8/h1-5H,6H2,(H,9,10);2-5,8H,1H3. The van der Waals surface area contributed by atoms with E-state index in [1.54, 1.807) is 30.3 Å². The normalized spacial score (nSPS) is 9.11. The third kappa shape index (κ3) is 6.12. The highest BCUT2D eigenvalue weighted by Crippen LogP contribution is 2.12. The molecule has 0 aliphatic carbocycles. The fourth-order valence-corrected chi connectivity index (χ4v) is 1.23. The molecule has 0 bridgehead atoms. The number of ether oxygens (including phenoxy) is 1. The molecule has 0 atom stereocenters. The van der Waals surface area contributed by atoms with Crippen LogP contribution in [0.3, 0.4) is 0 Å². The maximum Gasteiger partial charge on any atom is 0.341 e. The summed E-state index contributed by atoms with van der Waals surface area (Å²) < 4.78 is 4.87. The van der Waals surface area contributed by atoms with Gasteiger partial charge in [-0.2, -0.15) is 0 Å². The van der Waals surface area contributed by atoms with Crippen molar-refractivity contribution in [2.45, 2.75) is 6.92 Å². The van der Waals surface area contributed by atoms with Crippen LogP contribution >= 0.6 is 0 Å². The van der Waals surface area contributed by atoms with Gasteiger partial charge < -0.3 is 14.9 Å². The minimum atomic E-state index is -0.964. The van der Waals surface area contributed by atoms with E-state index in [1.807, 2.05) is 31.2 Å². The average Bonchev–Trinajstić information content (AvgIpc) is 2.42. The number of benzene rings is 2. The molecule has 2 aromatic rings. The predicted octanol–water partition coefficient (Wildman–Crippen LogP) is 2.85. The van der Waals surface area contributed by atoms with Crippen molar-refractivity contribution in [2.75, 3.05) is 6.61 Å². The molecule has 0 saturated carbocycles. The highest BCUT2D eigenvalue weighted by atomic mass is 16.5. The number of hydrogen-bond donors (Lipinski definition) is 2. The van der Waals surface area contributed by atoms with E-state index in [4.69, 9.17) is 14.9 Å². The molecule has 0 aromatic heterocycles. The molecular formula is C15H16O4. The summed E-state index contributed by atoms with van der Waals surface area (Å²) in [5, 5.41) is 17.2. The maximum atomic E-state index is 10.0. The van der Waals surface area contributed by atoms with Crippen LogP contribution in [0.1, 0.15) is 5.56 Å². The highest BCUT2D eigenvalue weighted by Gasteiger charge is 1.96. The first kappa shape index (κ1) is 14.6. The molecule has 0 amide bonds. The van der Waals surface area contributed by atoms with Crippen LogP contribution in [0.4, 0.5) is 0 Å². The zero-order valence-electron chi connectivity index (χ0n) is 10.6. The molecule has 0 saturated heterocycles. The molecule has 2 aromatic carbocycles. The van der Waals surface area contributed by atoms with Crippen molar-refractivity contribution in [1.82, 2.24) is 0 Å². The van der Waals surface area contributed by atoms with E-state index < -0.39 is 5.97 Å². The van der Waals surface area contributed by atoms with E-state index >= 15 is 0 Å². The highest BCUT2D eigenvalue weighted by molar-refractivity contribution is 5.68. The van der Waals surface area contributed by atoms with E-state index in [0.29, 0.717) is 11.5 Å². The molecule has 100 valence electrons. The van der Waals surface area contributed by atoms with Gasteiger partial charge in [0.25, 0.3) is 0 Å². The SMILES string of the molecule is Cc1ccccc1O.O=C(O)COc1ccccc1. The maximum absolute atomic E-state index is 10.0. The number of carboxylic acids is 1. The number of aliphatic carboxylic acids is 1. The van der Waals surface area contributed by atoms with Crippen LogP contribution in [0.15, 0.2) is 54.6 Å². The lowest BCUT2D eigenvalue weighted by Crippen LogP contribution is -2.09. The van der Waals surface area contributed by atoms with Gasteiger partial charge in [-0.15, -0.1) is 0 Å². The zero-order valence-corrected chi connectivity index (χ0v) is 10.6. The molecule has 4 heteroatoms. The first-order valence-electron chi connectivity index (χ1n) is 5.74. The summed E-state index contributed by atoms with van der Waals surface area (Å²) in [5.41, 5.74) is 0.924. The van der Waals surface area contributed by atoms with Gasteiger partial charge in [-0.1, -0.05) is 36.4 Å². The summed E-state index contributed by atoms with van der Waals surface area (Å²) in [4.78, 5) is 10.0. The summed E-state index contributed by atoms with van der Waals surface area (Å²) in [6, 6.07) is 16.1. The first-order chi connectivity index (χ1) is 9.09. The van der Waals surface area contributed by atoms with Gasteiger partial charge in [0.1, 0.15) is 11.5 Å². The van der Waals surface area contributed by atoms with Gasteiger partial charge in [-0.25, -0.2) is 4.79 Å². The molecule has 19 heavy (non-hydrogen) atoms. The Hall–Kier alpha value is -2.49. The molecule has 2 rings (SSSR count). The molecule has 0 fully saturated rings. The third-order valence-electron chi connectivity index (χ3n) is 2.22. The van der Waals surface area contributed by atoms with Crippen molar-refractivity contribution >= 4 is 5.97 Å². The van der Waals surface area contributed by atoms with Gasteiger partial charge in [-0.05, 0) is 30.7 Å². The zero-order chi connectivity index (χ0) is 14.1. The van der Waals surface area contributed by atoms with Crippen molar-refractivity contribution in [3.63, 3.8) is 0 Å². The smallest absolute Gasteiger partial charge is 0.341 e. The number of rotatable bonds is 3. The largest absolute Gasteiger partial charge is 0.508 e. The molecular weight excluding hydrogens is 244 g/mol. The molecule has 0 radical (unpaired) electrons.